The van der Waals surface area contributed by atoms with Crippen LogP contribution in [0.3, 0.4) is 0 Å². The second-order valence-electron chi connectivity index (χ2n) is 16.4. The van der Waals surface area contributed by atoms with Gasteiger partial charge in [-0.3, -0.25) is 0 Å². The molecule has 0 atom stereocenters. The Bertz CT molecular complexity index is 4200. The van der Waals surface area contributed by atoms with Crippen molar-refractivity contribution in [2.75, 3.05) is 4.90 Å². The molecule has 14 aromatic rings. The molecule has 0 saturated heterocycles. The molecule has 0 unspecified atom stereocenters. The lowest BCUT2D eigenvalue weighted by molar-refractivity contribution is 0.669. The number of benzene rings is 10. The van der Waals surface area contributed by atoms with Gasteiger partial charge in [-0.05, 0) is 82.6 Å². The Morgan fingerprint density at radius 2 is 0.968 bits per heavy atom. The Morgan fingerprint density at radius 1 is 0.419 bits per heavy atom. The van der Waals surface area contributed by atoms with Gasteiger partial charge in [-0.15, -0.1) is 11.3 Å². The van der Waals surface area contributed by atoms with E-state index in [-0.39, 0.29) is 0 Å². The summed E-state index contributed by atoms with van der Waals surface area (Å²) in [6, 6.07) is 67.9. The molecule has 0 aliphatic heterocycles. The van der Waals surface area contributed by atoms with Crippen molar-refractivity contribution in [2.24, 2.45) is 0 Å². The molecule has 0 saturated carbocycles. The van der Waals surface area contributed by atoms with Crippen LogP contribution in [0.5, 0.6) is 0 Å². The van der Waals surface area contributed by atoms with Gasteiger partial charge in [0.05, 0.1) is 37.5 Å². The molecule has 10 aromatic carbocycles. The number of hydrogen-bond donors (Lipinski definition) is 0. The number of hydrogen-bond acceptors (Lipinski definition) is 4. The Balaban J connectivity index is 1.18. The third-order valence-corrected chi connectivity index (χ3v) is 14.3. The summed E-state index contributed by atoms with van der Waals surface area (Å²) in [6.07, 6.45) is 0. The van der Waals surface area contributed by atoms with Crippen molar-refractivity contribution in [3.63, 3.8) is 0 Å². The molecule has 0 amide bonds. The molecule has 0 aliphatic rings. The minimum atomic E-state index is 0.866. The van der Waals surface area contributed by atoms with Crippen molar-refractivity contribution < 1.29 is 8.83 Å². The molecule has 4 heterocycles. The average Bonchev–Trinajstić information content (AvgIpc) is 4.09. The van der Waals surface area contributed by atoms with Crippen molar-refractivity contribution in [3.05, 3.63) is 194 Å². The molecule has 0 bridgehead atoms. The predicted molar refractivity (Wildman–Crippen MR) is 263 cm³/mol. The smallest absolute Gasteiger partial charge is 0.160 e. The van der Waals surface area contributed by atoms with Gasteiger partial charge in [0, 0.05) is 48.8 Å². The monoisotopic (exact) mass is 810 g/mol. The normalized spacial score (nSPS) is 12.3. The number of anilines is 3. The highest BCUT2D eigenvalue weighted by molar-refractivity contribution is 7.27. The van der Waals surface area contributed by atoms with Crippen LogP contribution in [0.2, 0.25) is 0 Å². The summed E-state index contributed by atoms with van der Waals surface area (Å²) in [5.41, 5.74) is 11.3. The first kappa shape index (κ1) is 33.9. The number of aryl methyl sites for hydroxylation is 1. The zero-order valence-electron chi connectivity index (χ0n) is 33.5. The van der Waals surface area contributed by atoms with E-state index in [2.05, 4.69) is 198 Å². The largest absolute Gasteiger partial charge is 0.454 e. The van der Waals surface area contributed by atoms with E-state index < -0.39 is 0 Å². The van der Waals surface area contributed by atoms with Crippen molar-refractivity contribution in [1.29, 1.82) is 0 Å². The number of rotatable bonds is 4. The van der Waals surface area contributed by atoms with E-state index in [1.807, 2.05) is 17.4 Å². The third kappa shape index (κ3) is 4.55. The van der Waals surface area contributed by atoms with Gasteiger partial charge >= 0.3 is 0 Å². The van der Waals surface area contributed by atoms with Crippen LogP contribution in [-0.4, -0.2) is 4.57 Å². The predicted octanol–water partition coefficient (Wildman–Crippen LogP) is 17.0. The molecular formula is C57H34N2O2S. The Labute approximate surface area is 358 Å². The van der Waals surface area contributed by atoms with Crippen LogP contribution in [0.15, 0.2) is 197 Å². The fourth-order valence-corrected chi connectivity index (χ4v) is 11.7. The number of furan rings is 2. The third-order valence-electron chi connectivity index (χ3n) is 13.1. The summed E-state index contributed by atoms with van der Waals surface area (Å²) in [5, 5.41) is 14.2. The zero-order valence-corrected chi connectivity index (χ0v) is 34.3. The van der Waals surface area contributed by atoms with E-state index in [1.165, 1.54) is 58.1 Å². The SMILES string of the molecule is Cc1ccccc1N(c1cccc2c1oc1ccccc12)c1cc2ccccc2c2c1sc1c(-n3c4ccccc4c4ccc5c6ccccc6oc5c43)cc3ccccc3c12. The van der Waals surface area contributed by atoms with Gasteiger partial charge in [-0.1, -0.05) is 140 Å². The molecule has 0 fully saturated rings. The second kappa shape index (κ2) is 12.6. The maximum atomic E-state index is 6.86. The molecule has 4 nitrogen and oxygen atoms in total. The van der Waals surface area contributed by atoms with E-state index in [9.17, 15) is 0 Å². The molecule has 0 aliphatic carbocycles. The minimum Gasteiger partial charge on any atom is -0.454 e. The number of nitrogens with zero attached hydrogens (tertiary/aromatic N) is 2. The number of thiophene rings is 1. The lowest BCUT2D eigenvalue weighted by atomic mass is 9.97. The molecule has 0 spiro atoms. The highest BCUT2D eigenvalue weighted by atomic mass is 32.1. The summed E-state index contributed by atoms with van der Waals surface area (Å²) in [6.45, 7) is 2.21. The van der Waals surface area contributed by atoms with Crippen molar-refractivity contribution in [1.82, 2.24) is 4.57 Å². The van der Waals surface area contributed by atoms with Crippen molar-refractivity contribution in [3.8, 4) is 5.69 Å². The lowest BCUT2D eigenvalue weighted by Crippen LogP contribution is -2.12. The Morgan fingerprint density at radius 3 is 1.73 bits per heavy atom. The van der Waals surface area contributed by atoms with Gasteiger partial charge in [0.1, 0.15) is 11.2 Å². The fourth-order valence-electron chi connectivity index (χ4n) is 10.4. The van der Waals surface area contributed by atoms with Gasteiger partial charge in [-0.2, -0.15) is 0 Å². The van der Waals surface area contributed by atoms with Crippen molar-refractivity contribution in [2.45, 2.75) is 6.92 Å². The molecule has 0 N–H and O–H groups in total. The van der Waals surface area contributed by atoms with Crippen molar-refractivity contribution >= 4 is 136 Å². The molecule has 5 heteroatoms. The summed E-state index contributed by atoms with van der Waals surface area (Å²) in [7, 11) is 0. The first-order valence-electron chi connectivity index (χ1n) is 21.1. The van der Waals surface area contributed by atoms with Crippen LogP contribution in [0, 0.1) is 6.92 Å². The quantitative estimate of drug-likeness (QED) is 0.178. The van der Waals surface area contributed by atoms with E-state index in [4.69, 9.17) is 8.83 Å². The van der Waals surface area contributed by atoms with E-state index in [0.717, 1.165) is 77.7 Å². The van der Waals surface area contributed by atoms with E-state index in [0.29, 0.717) is 0 Å². The van der Waals surface area contributed by atoms with Gasteiger partial charge in [0.25, 0.3) is 0 Å². The van der Waals surface area contributed by atoms with E-state index in [1.54, 1.807) is 0 Å². The second-order valence-corrected chi connectivity index (χ2v) is 17.4. The van der Waals surface area contributed by atoms with Crippen LogP contribution in [0.25, 0.3) is 113 Å². The molecule has 14 rings (SSSR count). The highest BCUT2D eigenvalue weighted by Crippen LogP contribution is 2.53. The van der Waals surface area contributed by atoms with Crippen LogP contribution >= 0.6 is 11.3 Å². The molecule has 4 aromatic heterocycles. The minimum absolute atomic E-state index is 0.866. The van der Waals surface area contributed by atoms with Crippen LogP contribution in [0.4, 0.5) is 17.1 Å². The van der Waals surface area contributed by atoms with E-state index >= 15 is 0 Å². The molecule has 0 radical (unpaired) electrons. The molecule has 62 heavy (non-hydrogen) atoms. The zero-order chi connectivity index (χ0) is 40.6. The average molecular weight is 811 g/mol. The first-order chi connectivity index (χ1) is 30.7. The van der Waals surface area contributed by atoms with Gasteiger partial charge in [0.2, 0.25) is 0 Å². The van der Waals surface area contributed by atoms with Gasteiger partial charge in [-0.25, -0.2) is 0 Å². The van der Waals surface area contributed by atoms with Crippen LogP contribution < -0.4 is 4.90 Å². The maximum absolute atomic E-state index is 6.86. The molecule has 290 valence electrons. The standard InChI is InChI=1S/C57H34N2O2S/c1-33-15-2-10-24-44(33)58(46-26-14-23-42-39-21-8-12-27-49(39)60-54(42)46)47-31-34-16-3-5-18-36(34)51-52-37-19-6-4-17-35(37)32-48(57(52)62-56(47)51)59-45-25-11-7-20-38(45)41-29-30-43-40-22-9-13-28-50(40)61-55(43)53(41)59/h2-32H,1H3. The van der Waals surface area contributed by atoms with Crippen LogP contribution in [-0.2, 0) is 0 Å². The summed E-state index contributed by atoms with van der Waals surface area (Å²) < 4.78 is 18.6. The Hall–Kier alpha value is -7.86. The summed E-state index contributed by atoms with van der Waals surface area (Å²) in [4.78, 5) is 2.45. The summed E-state index contributed by atoms with van der Waals surface area (Å²) >= 11 is 1.88. The lowest BCUT2D eigenvalue weighted by Gasteiger charge is -2.28. The fraction of sp³-hybridized carbons (Fsp3) is 0.0175. The highest BCUT2D eigenvalue weighted by Gasteiger charge is 2.28. The molecular weight excluding hydrogens is 777 g/mol. The maximum Gasteiger partial charge on any atom is 0.160 e. The topological polar surface area (TPSA) is 34.5 Å². The Kier molecular flexibility index (Phi) is 6.88. The van der Waals surface area contributed by atoms with Crippen LogP contribution in [0.1, 0.15) is 5.56 Å². The van der Waals surface area contributed by atoms with Gasteiger partial charge < -0.3 is 18.3 Å². The number of para-hydroxylation sites is 5. The first-order valence-corrected chi connectivity index (χ1v) is 21.9. The number of aromatic nitrogens is 1. The number of fused-ring (bicyclic) bond motifs is 17. The van der Waals surface area contributed by atoms with Gasteiger partial charge in [0.15, 0.2) is 11.2 Å². The summed E-state index contributed by atoms with van der Waals surface area (Å²) in [5.74, 6) is 0.